The molecule has 1 heterocycles. The summed E-state index contributed by atoms with van der Waals surface area (Å²) >= 11 is 2.03. The second-order valence-electron chi connectivity index (χ2n) is 7.42. The Kier molecular flexibility index (Phi) is 6.48. The highest BCUT2D eigenvalue weighted by atomic mass is 32.2. The van der Waals surface area contributed by atoms with E-state index in [0.29, 0.717) is 12.1 Å². The number of nitrogens with zero attached hydrogens (tertiary/aromatic N) is 1. The Bertz CT molecular complexity index is 499. The Morgan fingerprint density at radius 3 is 2.50 bits per heavy atom. The number of hydrogen-bond donors (Lipinski definition) is 2. The Balaban J connectivity index is 1.54. The minimum Gasteiger partial charge on any atom is -0.393 e. The molecule has 1 aliphatic heterocycles. The predicted octanol–water partition coefficient (Wildman–Crippen LogP) is 3.97. The van der Waals surface area contributed by atoms with Gasteiger partial charge in [0.2, 0.25) is 0 Å². The molecule has 3 rings (SSSR count). The van der Waals surface area contributed by atoms with Gasteiger partial charge in [-0.25, -0.2) is 0 Å². The van der Waals surface area contributed by atoms with Crippen LogP contribution in [0.3, 0.4) is 0 Å². The highest BCUT2D eigenvalue weighted by Gasteiger charge is 2.23. The van der Waals surface area contributed by atoms with Crippen LogP contribution in [0.2, 0.25) is 0 Å². The van der Waals surface area contributed by atoms with Gasteiger partial charge in [-0.3, -0.25) is 0 Å². The number of hydrogen-bond acceptors (Lipinski definition) is 4. The van der Waals surface area contributed by atoms with Gasteiger partial charge in [0.15, 0.2) is 0 Å². The highest BCUT2D eigenvalue weighted by molar-refractivity contribution is 7.99. The first-order valence-corrected chi connectivity index (χ1v) is 10.8. The molecule has 1 saturated heterocycles. The van der Waals surface area contributed by atoms with Gasteiger partial charge in [0, 0.05) is 36.1 Å². The normalized spacial score (nSPS) is 27.2. The van der Waals surface area contributed by atoms with E-state index in [9.17, 15) is 5.11 Å². The number of anilines is 1. The van der Waals surface area contributed by atoms with Crippen molar-refractivity contribution in [2.75, 3.05) is 24.2 Å². The Morgan fingerprint density at radius 2 is 1.83 bits per heavy atom. The van der Waals surface area contributed by atoms with E-state index in [2.05, 4.69) is 47.7 Å². The van der Waals surface area contributed by atoms with Gasteiger partial charge in [0.25, 0.3) is 0 Å². The fourth-order valence-corrected chi connectivity index (χ4v) is 4.89. The second kappa shape index (κ2) is 8.59. The maximum Gasteiger partial charge on any atom is 0.0574 e. The van der Waals surface area contributed by atoms with E-state index in [1.165, 1.54) is 36.9 Å². The summed E-state index contributed by atoms with van der Waals surface area (Å²) in [5.41, 5.74) is 2.67. The largest absolute Gasteiger partial charge is 0.393 e. The summed E-state index contributed by atoms with van der Waals surface area (Å²) in [5.74, 6) is 0. The van der Waals surface area contributed by atoms with Gasteiger partial charge in [0.05, 0.1) is 6.10 Å². The first-order valence-electron chi connectivity index (χ1n) is 9.47. The van der Waals surface area contributed by atoms with Crippen LogP contribution in [0.15, 0.2) is 24.3 Å². The third-order valence-corrected chi connectivity index (χ3v) is 6.76. The lowest BCUT2D eigenvalue weighted by molar-refractivity contribution is 0.145. The zero-order valence-corrected chi connectivity index (χ0v) is 15.9. The molecule has 1 aromatic carbocycles. The van der Waals surface area contributed by atoms with Crippen LogP contribution < -0.4 is 10.2 Å². The molecule has 2 aliphatic rings. The van der Waals surface area contributed by atoms with E-state index >= 15 is 0 Å². The van der Waals surface area contributed by atoms with Crippen LogP contribution in [0.5, 0.6) is 0 Å². The second-order valence-corrected chi connectivity index (χ2v) is 8.56. The topological polar surface area (TPSA) is 35.5 Å². The Hall–Kier alpha value is -0.710. The van der Waals surface area contributed by atoms with E-state index in [-0.39, 0.29) is 6.10 Å². The van der Waals surface area contributed by atoms with Crippen LogP contribution in [0.25, 0.3) is 0 Å². The van der Waals surface area contributed by atoms with Crippen molar-refractivity contribution < 1.29 is 5.11 Å². The molecule has 4 heteroatoms. The number of benzene rings is 1. The Morgan fingerprint density at radius 1 is 1.12 bits per heavy atom. The van der Waals surface area contributed by atoms with Crippen molar-refractivity contribution >= 4 is 17.4 Å². The third kappa shape index (κ3) is 4.68. The minimum absolute atomic E-state index is 0.106. The molecule has 24 heavy (non-hydrogen) atoms. The molecule has 3 atom stereocenters. The van der Waals surface area contributed by atoms with Crippen molar-refractivity contribution in [3.05, 3.63) is 29.8 Å². The smallest absolute Gasteiger partial charge is 0.0574 e. The van der Waals surface area contributed by atoms with Crippen LogP contribution in [0.4, 0.5) is 5.69 Å². The van der Waals surface area contributed by atoms with Gasteiger partial charge in [-0.05, 0) is 63.0 Å². The van der Waals surface area contributed by atoms with Crippen LogP contribution in [-0.4, -0.2) is 41.8 Å². The SMILES string of the molecule is CSC1CCCC(NC(C)c2ccc(N3CCC(O)CC3)cc2)C1. The van der Waals surface area contributed by atoms with Gasteiger partial charge in [-0.2, -0.15) is 11.8 Å². The monoisotopic (exact) mass is 348 g/mol. The summed E-state index contributed by atoms with van der Waals surface area (Å²) in [7, 11) is 0. The van der Waals surface area contributed by atoms with Crippen molar-refractivity contribution in [1.82, 2.24) is 5.32 Å². The predicted molar refractivity (Wildman–Crippen MR) is 105 cm³/mol. The number of nitrogens with one attached hydrogen (secondary N) is 1. The van der Waals surface area contributed by atoms with Crippen LogP contribution in [0.1, 0.15) is 57.1 Å². The first-order chi connectivity index (χ1) is 11.7. The molecule has 1 aromatic rings. The third-order valence-electron chi connectivity index (χ3n) is 5.67. The standard InChI is InChI=1S/C20H32N2OS/c1-15(21-17-4-3-5-20(14-17)24-2)16-6-8-18(9-7-16)22-12-10-19(23)11-13-22/h6-9,15,17,19-21,23H,3-5,10-14H2,1-2H3. The molecule has 0 bridgehead atoms. The lowest BCUT2D eigenvalue weighted by Crippen LogP contribution is -2.37. The quantitative estimate of drug-likeness (QED) is 0.844. The van der Waals surface area contributed by atoms with E-state index in [0.717, 1.165) is 31.2 Å². The number of aliphatic hydroxyl groups is 1. The summed E-state index contributed by atoms with van der Waals surface area (Å²) in [6, 6.07) is 10.1. The molecule has 2 fully saturated rings. The molecule has 0 spiro atoms. The molecular weight excluding hydrogens is 316 g/mol. The van der Waals surface area contributed by atoms with Gasteiger partial charge < -0.3 is 15.3 Å². The van der Waals surface area contributed by atoms with Gasteiger partial charge >= 0.3 is 0 Å². The van der Waals surface area contributed by atoms with Crippen molar-refractivity contribution in [1.29, 1.82) is 0 Å². The molecular formula is C20H32N2OS. The lowest BCUT2D eigenvalue weighted by atomic mass is 9.93. The molecule has 0 aromatic heterocycles. The maximum absolute atomic E-state index is 9.65. The number of aliphatic hydroxyl groups excluding tert-OH is 1. The fraction of sp³-hybridized carbons (Fsp3) is 0.700. The van der Waals surface area contributed by atoms with Crippen molar-refractivity contribution in [3.8, 4) is 0 Å². The molecule has 134 valence electrons. The number of thioether (sulfide) groups is 1. The lowest BCUT2D eigenvalue weighted by Gasteiger charge is -2.32. The fourth-order valence-electron chi connectivity index (χ4n) is 4.06. The van der Waals surface area contributed by atoms with Gasteiger partial charge in [-0.1, -0.05) is 18.6 Å². The first kappa shape index (κ1) is 18.1. The molecule has 2 N–H and O–H groups in total. The summed E-state index contributed by atoms with van der Waals surface area (Å²) in [6.45, 7) is 4.22. The zero-order valence-electron chi connectivity index (χ0n) is 15.1. The zero-order chi connectivity index (χ0) is 16.9. The van der Waals surface area contributed by atoms with Crippen LogP contribution in [-0.2, 0) is 0 Å². The summed E-state index contributed by atoms with van der Waals surface area (Å²) in [5, 5.41) is 14.3. The van der Waals surface area contributed by atoms with E-state index < -0.39 is 0 Å². The van der Waals surface area contributed by atoms with Crippen molar-refractivity contribution in [2.45, 2.75) is 68.9 Å². The molecule has 3 nitrogen and oxygen atoms in total. The molecule has 1 aliphatic carbocycles. The van der Waals surface area contributed by atoms with E-state index in [1.807, 2.05) is 11.8 Å². The highest BCUT2D eigenvalue weighted by Crippen LogP contribution is 2.29. The number of piperidine rings is 1. The van der Waals surface area contributed by atoms with Crippen LogP contribution in [0, 0.1) is 0 Å². The van der Waals surface area contributed by atoms with Crippen molar-refractivity contribution in [3.63, 3.8) is 0 Å². The van der Waals surface area contributed by atoms with E-state index in [1.54, 1.807) is 0 Å². The summed E-state index contributed by atoms with van der Waals surface area (Å²) in [4.78, 5) is 2.39. The minimum atomic E-state index is -0.106. The summed E-state index contributed by atoms with van der Waals surface area (Å²) < 4.78 is 0. The number of rotatable bonds is 5. The maximum atomic E-state index is 9.65. The average molecular weight is 349 g/mol. The Labute approximate surface area is 151 Å². The van der Waals surface area contributed by atoms with Gasteiger partial charge in [-0.15, -0.1) is 0 Å². The summed E-state index contributed by atoms with van der Waals surface area (Å²) in [6.07, 6.45) is 9.27. The van der Waals surface area contributed by atoms with Crippen LogP contribution >= 0.6 is 11.8 Å². The molecule has 0 amide bonds. The van der Waals surface area contributed by atoms with Gasteiger partial charge in [0.1, 0.15) is 0 Å². The molecule has 0 radical (unpaired) electrons. The van der Waals surface area contributed by atoms with E-state index in [4.69, 9.17) is 0 Å². The molecule has 3 unspecified atom stereocenters. The van der Waals surface area contributed by atoms with Crippen molar-refractivity contribution in [2.24, 2.45) is 0 Å². The average Bonchev–Trinajstić information content (AvgIpc) is 2.62. The molecule has 1 saturated carbocycles.